The zero-order valence-electron chi connectivity index (χ0n) is 12.7. The average Bonchev–Trinajstić information content (AvgIpc) is 2.53. The Bertz CT molecular complexity index is 461. The van der Waals surface area contributed by atoms with Crippen LogP contribution in [-0.2, 0) is 4.74 Å². The topological polar surface area (TPSA) is 53.7 Å². The van der Waals surface area contributed by atoms with Crippen LogP contribution in [0.15, 0.2) is 12.1 Å². The summed E-state index contributed by atoms with van der Waals surface area (Å²) in [5.41, 5.74) is 6.60. The molecule has 0 radical (unpaired) electrons. The molecule has 1 heterocycles. The van der Waals surface area contributed by atoms with Crippen molar-refractivity contribution >= 4 is 0 Å². The summed E-state index contributed by atoms with van der Waals surface area (Å²) in [5, 5.41) is 0. The van der Waals surface area contributed by atoms with Crippen LogP contribution in [0.4, 0.5) is 4.39 Å². The summed E-state index contributed by atoms with van der Waals surface area (Å²) in [6, 6.07) is 2.58. The second-order valence-electron chi connectivity index (χ2n) is 5.40. The van der Waals surface area contributed by atoms with Crippen molar-refractivity contribution in [3.05, 3.63) is 23.5 Å². The molecule has 0 spiro atoms. The van der Waals surface area contributed by atoms with Crippen LogP contribution in [-0.4, -0.2) is 26.9 Å². The summed E-state index contributed by atoms with van der Waals surface area (Å²) >= 11 is 0. The number of hydrogen-bond acceptors (Lipinski definition) is 4. The molecule has 1 saturated heterocycles. The van der Waals surface area contributed by atoms with Gasteiger partial charge in [-0.05, 0) is 38.2 Å². The van der Waals surface area contributed by atoms with E-state index in [2.05, 4.69) is 0 Å². The van der Waals surface area contributed by atoms with E-state index in [-0.39, 0.29) is 18.0 Å². The van der Waals surface area contributed by atoms with Crippen molar-refractivity contribution in [2.24, 2.45) is 5.73 Å². The van der Waals surface area contributed by atoms with Crippen LogP contribution in [0.3, 0.4) is 0 Å². The smallest absolute Gasteiger partial charge is 0.163 e. The molecule has 118 valence electrons. The second-order valence-corrected chi connectivity index (χ2v) is 5.40. The highest BCUT2D eigenvalue weighted by Gasteiger charge is 2.19. The van der Waals surface area contributed by atoms with Gasteiger partial charge in [0.2, 0.25) is 0 Å². The summed E-state index contributed by atoms with van der Waals surface area (Å²) in [6.07, 6.45) is 5.21. The predicted octanol–water partition coefficient (Wildman–Crippen LogP) is 3.19. The van der Waals surface area contributed by atoms with E-state index in [1.807, 2.05) is 0 Å². The molecule has 0 bridgehead atoms. The number of nitrogens with two attached hydrogens (primary N) is 1. The lowest BCUT2D eigenvalue weighted by molar-refractivity contribution is 0.00907. The summed E-state index contributed by atoms with van der Waals surface area (Å²) in [7, 11) is 3.01. The fraction of sp³-hybridized carbons (Fsp3) is 0.625. The molecule has 5 heteroatoms. The predicted molar refractivity (Wildman–Crippen MR) is 79.3 cm³/mol. The van der Waals surface area contributed by atoms with E-state index in [0.29, 0.717) is 23.5 Å². The van der Waals surface area contributed by atoms with E-state index in [0.717, 1.165) is 25.9 Å². The Morgan fingerprint density at radius 3 is 2.62 bits per heavy atom. The normalized spacial score (nSPS) is 20.1. The SMILES string of the molecule is COc1cc(F)c(C(N)CCC2CCCCO2)cc1OC. The van der Waals surface area contributed by atoms with Crippen molar-refractivity contribution in [1.29, 1.82) is 0 Å². The van der Waals surface area contributed by atoms with Crippen molar-refractivity contribution in [2.45, 2.75) is 44.2 Å². The van der Waals surface area contributed by atoms with Crippen molar-refractivity contribution in [2.75, 3.05) is 20.8 Å². The molecule has 1 aliphatic heterocycles. The molecule has 2 atom stereocenters. The minimum atomic E-state index is -0.365. The van der Waals surface area contributed by atoms with Gasteiger partial charge in [0.15, 0.2) is 11.5 Å². The van der Waals surface area contributed by atoms with Crippen molar-refractivity contribution in [3.63, 3.8) is 0 Å². The largest absolute Gasteiger partial charge is 0.493 e. The van der Waals surface area contributed by atoms with E-state index in [1.165, 1.54) is 26.7 Å². The number of hydrogen-bond donors (Lipinski definition) is 1. The van der Waals surface area contributed by atoms with E-state index in [1.54, 1.807) is 6.07 Å². The first kappa shape index (κ1) is 16.0. The fourth-order valence-electron chi connectivity index (χ4n) is 2.71. The van der Waals surface area contributed by atoms with Gasteiger partial charge in [0.1, 0.15) is 5.82 Å². The van der Waals surface area contributed by atoms with Gasteiger partial charge >= 0.3 is 0 Å². The molecule has 2 unspecified atom stereocenters. The van der Waals surface area contributed by atoms with E-state index >= 15 is 0 Å². The van der Waals surface area contributed by atoms with E-state index in [9.17, 15) is 4.39 Å². The van der Waals surface area contributed by atoms with Crippen molar-refractivity contribution in [3.8, 4) is 11.5 Å². The van der Waals surface area contributed by atoms with Gasteiger partial charge in [-0.1, -0.05) is 0 Å². The molecule has 2 rings (SSSR count). The van der Waals surface area contributed by atoms with E-state index < -0.39 is 0 Å². The molecular weight excluding hydrogens is 273 g/mol. The van der Waals surface area contributed by atoms with Crippen LogP contribution in [0.2, 0.25) is 0 Å². The van der Waals surface area contributed by atoms with Crippen LogP contribution in [0.25, 0.3) is 0 Å². The Morgan fingerprint density at radius 1 is 1.29 bits per heavy atom. The van der Waals surface area contributed by atoms with Gasteiger partial charge in [0, 0.05) is 24.3 Å². The van der Waals surface area contributed by atoms with Crippen LogP contribution < -0.4 is 15.2 Å². The first-order valence-electron chi connectivity index (χ1n) is 7.44. The summed E-state index contributed by atoms with van der Waals surface area (Å²) in [6.45, 7) is 0.824. The maximum absolute atomic E-state index is 14.1. The Kier molecular flexibility index (Phi) is 5.82. The molecule has 1 aromatic rings. The number of methoxy groups -OCH3 is 2. The third-order valence-corrected chi connectivity index (χ3v) is 3.98. The molecule has 0 aliphatic carbocycles. The zero-order chi connectivity index (χ0) is 15.2. The maximum atomic E-state index is 14.1. The molecular formula is C16H24FNO3. The van der Waals surface area contributed by atoms with Gasteiger partial charge in [0.25, 0.3) is 0 Å². The van der Waals surface area contributed by atoms with Gasteiger partial charge in [-0.15, -0.1) is 0 Å². The molecule has 1 aromatic carbocycles. The molecule has 0 saturated carbocycles. The molecule has 0 amide bonds. The van der Waals surface area contributed by atoms with Crippen LogP contribution in [0.5, 0.6) is 11.5 Å². The Balaban J connectivity index is 2.02. The lowest BCUT2D eigenvalue weighted by Gasteiger charge is -2.24. The Hall–Kier alpha value is -1.33. The third-order valence-electron chi connectivity index (χ3n) is 3.98. The lowest BCUT2D eigenvalue weighted by atomic mass is 9.97. The van der Waals surface area contributed by atoms with Crippen LogP contribution >= 0.6 is 0 Å². The monoisotopic (exact) mass is 297 g/mol. The number of benzene rings is 1. The summed E-state index contributed by atoms with van der Waals surface area (Å²) < 4.78 is 30.1. The summed E-state index contributed by atoms with van der Waals surface area (Å²) in [5.74, 6) is 0.518. The number of ether oxygens (including phenoxy) is 3. The molecule has 1 aliphatic rings. The Morgan fingerprint density at radius 2 is 2.00 bits per heavy atom. The molecule has 21 heavy (non-hydrogen) atoms. The van der Waals surface area contributed by atoms with Crippen LogP contribution in [0.1, 0.15) is 43.7 Å². The van der Waals surface area contributed by atoms with Gasteiger partial charge in [-0.2, -0.15) is 0 Å². The highest BCUT2D eigenvalue weighted by molar-refractivity contribution is 5.44. The quantitative estimate of drug-likeness (QED) is 0.876. The minimum absolute atomic E-state index is 0.257. The van der Waals surface area contributed by atoms with E-state index in [4.69, 9.17) is 19.9 Å². The first-order valence-corrected chi connectivity index (χ1v) is 7.44. The highest BCUT2D eigenvalue weighted by Crippen LogP contribution is 2.33. The lowest BCUT2D eigenvalue weighted by Crippen LogP contribution is -2.21. The third kappa shape index (κ3) is 4.08. The number of rotatable bonds is 6. The minimum Gasteiger partial charge on any atom is -0.493 e. The van der Waals surface area contributed by atoms with Crippen LogP contribution in [0, 0.1) is 5.82 Å². The van der Waals surface area contributed by atoms with Crippen molar-refractivity contribution < 1.29 is 18.6 Å². The second kappa shape index (κ2) is 7.61. The first-order chi connectivity index (χ1) is 10.2. The maximum Gasteiger partial charge on any atom is 0.163 e. The highest BCUT2D eigenvalue weighted by atomic mass is 19.1. The number of halogens is 1. The standard InChI is InChI=1S/C16H24FNO3/c1-19-15-9-12(13(17)10-16(15)20-2)14(18)7-6-11-5-3-4-8-21-11/h9-11,14H,3-8,18H2,1-2H3. The van der Waals surface area contributed by atoms with Gasteiger partial charge in [0.05, 0.1) is 20.3 Å². The fourth-order valence-corrected chi connectivity index (χ4v) is 2.71. The van der Waals surface area contributed by atoms with Gasteiger partial charge < -0.3 is 19.9 Å². The molecule has 4 nitrogen and oxygen atoms in total. The van der Waals surface area contributed by atoms with Crippen molar-refractivity contribution in [1.82, 2.24) is 0 Å². The Labute approximate surface area is 125 Å². The molecule has 2 N–H and O–H groups in total. The summed E-state index contributed by atoms with van der Waals surface area (Å²) in [4.78, 5) is 0. The van der Waals surface area contributed by atoms with Gasteiger partial charge in [-0.25, -0.2) is 4.39 Å². The van der Waals surface area contributed by atoms with Gasteiger partial charge in [-0.3, -0.25) is 0 Å². The average molecular weight is 297 g/mol. The molecule has 0 aromatic heterocycles. The molecule has 1 fully saturated rings. The zero-order valence-corrected chi connectivity index (χ0v) is 12.7.